The second-order valence-electron chi connectivity index (χ2n) is 10.0. The van der Waals surface area contributed by atoms with E-state index in [9.17, 15) is 4.79 Å². The number of halogens is 1. The third-order valence-electron chi connectivity index (χ3n) is 5.60. The summed E-state index contributed by atoms with van der Waals surface area (Å²) in [5, 5.41) is 6.51. The van der Waals surface area contributed by atoms with Crippen LogP contribution in [0.3, 0.4) is 0 Å². The van der Waals surface area contributed by atoms with Crippen LogP contribution in [-0.2, 0) is 4.74 Å². The fourth-order valence-electron chi connectivity index (χ4n) is 3.68. The number of alkyl carbamates (subject to hydrolysis) is 1. The van der Waals surface area contributed by atoms with Gasteiger partial charge in [-0.3, -0.25) is 4.99 Å². The first kappa shape index (κ1) is 31.2. The molecule has 1 rings (SSSR count). The number of likely N-dealkylation sites (N-methyl/N-ethyl adjacent to an activating group) is 1. The molecule has 9 heteroatoms. The summed E-state index contributed by atoms with van der Waals surface area (Å²) in [5.41, 5.74) is -0.488. The molecule has 0 aliphatic carbocycles. The van der Waals surface area contributed by atoms with Crippen LogP contribution in [0.1, 0.15) is 53.9 Å². The van der Waals surface area contributed by atoms with E-state index in [-0.39, 0.29) is 36.1 Å². The monoisotopic (exact) mass is 568 g/mol. The van der Waals surface area contributed by atoms with E-state index in [1.54, 1.807) is 0 Å². The van der Waals surface area contributed by atoms with Crippen LogP contribution in [0.4, 0.5) is 4.79 Å². The van der Waals surface area contributed by atoms with Crippen LogP contribution in [0.5, 0.6) is 0 Å². The highest BCUT2D eigenvalue weighted by atomic mass is 127. The summed E-state index contributed by atoms with van der Waals surface area (Å²) < 4.78 is 5.42. The summed E-state index contributed by atoms with van der Waals surface area (Å²) >= 11 is 0. The second-order valence-corrected chi connectivity index (χ2v) is 10.0. The standard InChI is InChI=1S/C23H48N6O2.HI/c1-19(2)20(26-22(30)31-23(3,4)5)11-16-28(8)21(24-6)25-12-9-14-29-15-10-13-27(7)17-18-29;/h19-20H,9-18H2,1-8H3,(H,24,25)(H,26,30);1H. The van der Waals surface area contributed by atoms with Gasteiger partial charge >= 0.3 is 6.09 Å². The quantitative estimate of drug-likeness (QED) is 0.193. The van der Waals surface area contributed by atoms with Crippen LogP contribution in [0.15, 0.2) is 4.99 Å². The molecule has 0 aromatic rings. The van der Waals surface area contributed by atoms with E-state index in [2.05, 4.69) is 51.2 Å². The Kier molecular flexibility index (Phi) is 15.5. The number of ether oxygens (including phenoxy) is 1. The molecule has 1 fully saturated rings. The van der Waals surface area contributed by atoms with Crippen LogP contribution >= 0.6 is 24.0 Å². The average Bonchev–Trinajstić information content (AvgIpc) is 2.87. The SMILES string of the molecule is CN=C(NCCCN1CCCN(C)CC1)N(C)CCC(NC(=O)OC(C)(C)C)C(C)C.I. The summed E-state index contributed by atoms with van der Waals surface area (Å²) in [6.07, 6.45) is 2.83. The lowest BCUT2D eigenvalue weighted by atomic mass is 10.0. The predicted molar refractivity (Wildman–Crippen MR) is 145 cm³/mol. The zero-order valence-corrected chi connectivity index (χ0v) is 24.1. The van der Waals surface area contributed by atoms with Gasteiger partial charge in [-0.1, -0.05) is 13.8 Å². The van der Waals surface area contributed by atoms with Gasteiger partial charge in [0, 0.05) is 46.3 Å². The Labute approximate surface area is 213 Å². The van der Waals surface area contributed by atoms with Crippen molar-refractivity contribution in [1.82, 2.24) is 25.3 Å². The van der Waals surface area contributed by atoms with E-state index >= 15 is 0 Å². The molecule has 0 saturated carbocycles. The molecule has 0 aromatic heterocycles. The van der Waals surface area contributed by atoms with Crippen molar-refractivity contribution in [3.63, 3.8) is 0 Å². The van der Waals surface area contributed by atoms with Crippen LogP contribution in [0, 0.1) is 5.92 Å². The Bertz CT molecular complexity index is 553. The number of nitrogens with zero attached hydrogens (tertiary/aromatic N) is 4. The van der Waals surface area contributed by atoms with Gasteiger partial charge in [-0.25, -0.2) is 4.79 Å². The van der Waals surface area contributed by atoms with Gasteiger partial charge < -0.3 is 30.1 Å². The molecule has 32 heavy (non-hydrogen) atoms. The van der Waals surface area contributed by atoms with Crippen LogP contribution in [0.2, 0.25) is 0 Å². The molecule has 0 radical (unpaired) electrons. The maximum Gasteiger partial charge on any atom is 0.407 e. The second kappa shape index (κ2) is 15.9. The first-order valence-electron chi connectivity index (χ1n) is 11.8. The molecular formula is C23H49IN6O2. The maximum absolute atomic E-state index is 12.2. The van der Waals surface area contributed by atoms with Crippen molar-refractivity contribution in [1.29, 1.82) is 0 Å². The van der Waals surface area contributed by atoms with Gasteiger partial charge in [-0.05, 0) is 72.6 Å². The number of nitrogens with one attached hydrogen (secondary N) is 2. The summed E-state index contributed by atoms with van der Waals surface area (Å²) in [6, 6.07) is 0.0524. The first-order valence-corrected chi connectivity index (χ1v) is 11.8. The minimum atomic E-state index is -0.488. The topological polar surface area (TPSA) is 72.4 Å². The molecule has 1 atom stereocenters. The van der Waals surface area contributed by atoms with E-state index in [1.165, 1.54) is 19.5 Å². The molecule has 8 nitrogen and oxygen atoms in total. The van der Waals surface area contributed by atoms with Crippen molar-refractivity contribution in [2.75, 3.05) is 67.0 Å². The number of carbonyl (C=O) groups excluding carboxylic acids is 1. The van der Waals surface area contributed by atoms with Crippen LogP contribution in [-0.4, -0.2) is 105 Å². The van der Waals surface area contributed by atoms with E-state index in [0.29, 0.717) is 5.92 Å². The molecule has 1 amide bonds. The fraction of sp³-hybridized carbons (Fsp3) is 0.913. The van der Waals surface area contributed by atoms with Crippen molar-refractivity contribution in [3.8, 4) is 0 Å². The van der Waals surface area contributed by atoms with Gasteiger partial charge in [0.25, 0.3) is 0 Å². The van der Waals surface area contributed by atoms with Gasteiger partial charge in [-0.15, -0.1) is 24.0 Å². The Hall–Kier alpha value is -0.810. The lowest BCUT2D eigenvalue weighted by molar-refractivity contribution is 0.0486. The van der Waals surface area contributed by atoms with Gasteiger partial charge in [-0.2, -0.15) is 0 Å². The first-order chi connectivity index (χ1) is 14.5. The highest BCUT2D eigenvalue weighted by molar-refractivity contribution is 14.0. The third-order valence-corrected chi connectivity index (χ3v) is 5.60. The number of hydrogen-bond donors (Lipinski definition) is 2. The molecule has 1 aliphatic heterocycles. The molecule has 2 N–H and O–H groups in total. The highest BCUT2D eigenvalue weighted by Crippen LogP contribution is 2.11. The molecule has 1 saturated heterocycles. The average molecular weight is 569 g/mol. The Morgan fingerprint density at radius 1 is 1.19 bits per heavy atom. The van der Waals surface area contributed by atoms with Gasteiger partial charge in [0.1, 0.15) is 5.60 Å². The molecule has 0 bridgehead atoms. The highest BCUT2D eigenvalue weighted by Gasteiger charge is 2.22. The van der Waals surface area contributed by atoms with Crippen molar-refractivity contribution < 1.29 is 9.53 Å². The lowest BCUT2D eigenvalue weighted by Gasteiger charge is -2.28. The van der Waals surface area contributed by atoms with E-state index in [1.807, 2.05) is 34.9 Å². The van der Waals surface area contributed by atoms with Crippen molar-refractivity contribution in [3.05, 3.63) is 0 Å². The van der Waals surface area contributed by atoms with Gasteiger partial charge in [0.05, 0.1) is 0 Å². The molecule has 0 spiro atoms. The van der Waals surface area contributed by atoms with E-state index < -0.39 is 5.60 Å². The van der Waals surface area contributed by atoms with Crippen LogP contribution in [0.25, 0.3) is 0 Å². The number of aliphatic imine (C=N–C) groups is 1. The molecule has 1 unspecified atom stereocenters. The predicted octanol–water partition coefficient (Wildman–Crippen LogP) is 3.08. The lowest BCUT2D eigenvalue weighted by Crippen LogP contribution is -2.45. The van der Waals surface area contributed by atoms with Crippen molar-refractivity contribution in [2.24, 2.45) is 10.9 Å². The Balaban J connectivity index is 0.00000961. The number of carbonyl (C=O) groups is 1. The molecule has 1 aliphatic rings. The van der Waals surface area contributed by atoms with Gasteiger partial charge in [0.15, 0.2) is 5.96 Å². The van der Waals surface area contributed by atoms with Crippen molar-refractivity contribution in [2.45, 2.75) is 65.5 Å². The smallest absolute Gasteiger partial charge is 0.407 e. The normalized spacial score (nSPS) is 17.3. The molecule has 1 heterocycles. The summed E-state index contributed by atoms with van der Waals surface area (Å²) in [4.78, 5) is 23.7. The van der Waals surface area contributed by atoms with Gasteiger partial charge in [0.2, 0.25) is 0 Å². The summed E-state index contributed by atoms with van der Waals surface area (Å²) in [5.74, 6) is 1.22. The fourth-order valence-corrected chi connectivity index (χ4v) is 3.68. The van der Waals surface area contributed by atoms with Crippen LogP contribution < -0.4 is 10.6 Å². The zero-order chi connectivity index (χ0) is 23.4. The molecular weight excluding hydrogens is 519 g/mol. The Morgan fingerprint density at radius 2 is 1.88 bits per heavy atom. The van der Waals surface area contributed by atoms with E-state index in [4.69, 9.17) is 4.74 Å². The largest absolute Gasteiger partial charge is 0.444 e. The number of hydrogen-bond acceptors (Lipinski definition) is 5. The Morgan fingerprint density at radius 3 is 2.47 bits per heavy atom. The summed E-state index contributed by atoms with van der Waals surface area (Å²) in [6.45, 7) is 17.4. The number of amides is 1. The third kappa shape index (κ3) is 13.7. The maximum atomic E-state index is 12.2. The number of guanidine groups is 1. The van der Waals surface area contributed by atoms with E-state index in [0.717, 1.165) is 51.5 Å². The van der Waals surface area contributed by atoms with Crippen molar-refractivity contribution >= 4 is 36.0 Å². The molecule has 190 valence electrons. The number of rotatable bonds is 9. The minimum Gasteiger partial charge on any atom is -0.444 e. The minimum absolute atomic E-state index is 0. The summed E-state index contributed by atoms with van der Waals surface area (Å²) in [7, 11) is 6.07. The zero-order valence-electron chi connectivity index (χ0n) is 21.7. The molecule has 0 aromatic carbocycles.